The van der Waals surface area contributed by atoms with Crippen LogP contribution >= 0.6 is 11.6 Å². The summed E-state index contributed by atoms with van der Waals surface area (Å²) >= 11 is 5.98. The summed E-state index contributed by atoms with van der Waals surface area (Å²) in [6, 6.07) is 5.13. The maximum Gasteiger partial charge on any atom is 0.260 e. The molecule has 1 heterocycles. The van der Waals surface area contributed by atoms with Gasteiger partial charge in [0.2, 0.25) is 0 Å². The molecule has 1 saturated heterocycles. The van der Waals surface area contributed by atoms with Crippen LogP contribution in [0.25, 0.3) is 0 Å². The third-order valence-electron chi connectivity index (χ3n) is 3.77. The second-order valence-electron chi connectivity index (χ2n) is 5.55. The molecule has 1 aromatic carbocycles. The molecule has 1 aliphatic rings. The zero-order valence-corrected chi connectivity index (χ0v) is 13.2. The van der Waals surface area contributed by atoms with E-state index in [1.54, 1.807) is 18.2 Å². The van der Waals surface area contributed by atoms with Gasteiger partial charge < -0.3 is 15.4 Å². The Hall–Kier alpha value is -1.26. The van der Waals surface area contributed by atoms with Crippen LogP contribution in [0.15, 0.2) is 18.2 Å². The summed E-state index contributed by atoms with van der Waals surface area (Å²) < 4.78 is 5.68. The summed E-state index contributed by atoms with van der Waals surface area (Å²) in [6.45, 7) is 3.60. The number of halogens is 1. The minimum Gasteiger partial charge on any atom is -0.483 e. The van der Waals surface area contributed by atoms with E-state index in [1.807, 2.05) is 11.8 Å². The first-order valence-electron chi connectivity index (χ1n) is 7.53. The van der Waals surface area contributed by atoms with Gasteiger partial charge in [-0.05, 0) is 38.0 Å². The molecule has 5 heteroatoms. The molecule has 2 N–H and O–H groups in total. The maximum absolute atomic E-state index is 12.2. The Morgan fingerprint density at radius 2 is 2.00 bits per heavy atom. The molecule has 1 aromatic rings. The Kier molecular flexibility index (Phi) is 5.88. The van der Waals surface area contributed by atoms with Gasteiger partial charge in [0.1, 0.15) is 5.75 Å². The third-order valence-corrected chi connectivity index (χ3v) is 4.01. The number of carbonyl (C=O) groups excluding carboxylic acids is 1. The average Bonchev–Trinajstić information content (AvgIpc) is 2.74. The minimum absolute atomic E-state index is 0.0440. The van der Waals surface area contributed by atoms with Crippen LogP contribution in [0.1, 0.15) is 44.2 Å². The van der Waals surface area contributed by atoms with Crippen molar-refractivity contribution in [3.05, 3.63) is 28.8 Å². The predicted octanol–water partition coefficient (Wildman–Crippen LogP) is 3.14. The van der Waals surface area contributed by atoms with Gasteiger partial charge in [-0.15, -0.1) is 0 Å². The number of nitrogens with two attached hydrogens (primary N) is 1. The van der Waals surface area contributed by atoms with Gasteiger partial charge in [0, 0.05) is 29.7 Å². The van der Waals surface area contributed by atoms with Crippen LogP contribution in [-0.2, 0) is 4.79 Å². The van der Waals surface area contributed by atoms with Gasteiger partial charge in [-0.1, -0.05) is 24.4 Å². The topological polar surface area (TPSA) is 55.6 Å². The molecule has 1 amide bonds. The first kappa shape index (κ1) is 16.1. The maximum atomic E-state index is 12.2. The molecule has 0 aliphatic carbocycles. The lowest BCUT2D eigenvalue weighted by Gasteiger charge is -2.21. The normalized spacial score (nSPS) is 17.2. The first-order chi connectivity index (χ1) is 10.1. The van der Waals surface area contributed by atoms with E-state index in [4.69, 9.17) is 22.1 Å². The summed E-state index contributed by atoms with van der Waals surface area (Å²) in [4.78, 5) is 14.1. The number of nitrogens with zero attached hydrogens (tertiary/aromatic N) is 1. The molecule has 0 radical (unpaired) electrons. The van der Waals surface area contributed by atoms with Crippen molar-refractivity contribution in [3.8, 4) is 5.75 Å². The van der Waals surface area contributed by atoms with E-state index in [2.05, 4.69) is 0 Å². The zero-order valence-electron chi connectivity index (χ0n) is 12.5. The molecular formula is C16H23ClN2O2. The first-order valence-corrected chi connectivity index (χ1v) is 7.91. The number of ether oxygens (including phenoxy) is 1. The summed E-state index contributed by atoms with van der Waals surface area (Å²) in [5.74, 6) is 0.681. The number of hydrogen-bond acceptors (Lipinski definition) is 3. The van der Waals surface area contributed by atoms with Gasteiger partial charge in [-0.2, -0.15) is 0 Å². The second kappa shape index (κ2) is 7.66. The zero-order chi connectivity index (χ0) is 15.2. The Balaban J connectivity index is 1.97. The minimum atomic E-state index is -0.188. The van der Waals surface area contributed by atoms with E-state index in [0.717, 1.165) is 31.5 Å². The van der Waals surface area contributed by atoms with E-state index >= 15 is 0 Å². The molecule has 2 rings (SSSR count). The summed E-state index contributed by atoms with van der Waals surface area (Å²) in [5, 5.41) is 0.619. The Morgan fingerprint density at radius 3 is 2.62 bits per heavy atom. The van der Waals surface area contributed by atoms with Gasteiger partial charge in [0.25, 0.3) is 5.91 Å². The number of likely N-dealkylation sites (tertiary alicyclic amines) is 1. The van der Waals surface area contributed by atoms with Crippen molar-refractivity contribution in [2.75, 3.05) is 19.7 Å². The molecule has 0 aromatic heterocycles. The van der Waals surface area contributed by atoms with Gasteiger partial charge >= 0.3 is 0 Å². The van der Waals surface area contributed by atoms with E-state index < -0.39 is 0 Å². The smallest absolute Gasteiger partial charge is 0.260 e. The second-order valence-corrected chi connectivity index (χ2v) is 5.99. The Morgan fingerprint density at radius 1 is 1.33 bits per heavy atom. The fourth-order valence-corrected chi connectivity index (χ4v) is 2.74. The summed E-state index contributed by atoms with van der Waals surface area (Å²) in [6.07, 6.45) is 4.57. The fraction of sp³-hybridized carbons (Fsp3) is 0.562. The SMILES string of the molecule is CC(N)c1cc(Cl)ccc1OCC(=O)N1CCCCCC1. The number of amides is 1. The highest BCUT2D eigenvalue weighted by molar-refractivity contribution is 6.30. The quantitative estimate of drug-likeness (QED) is 0.929. The van der Waals surface area contributed by atoms with Crippen LogP contribution in [0.4, 0.5) is 0 Å². The molecule has 0 bridgehead atoms. The van der Waals surface area contributed by atoms with Crippen LogP contribution in [0, 0.1) is 0 Å². The van der Waals surface area contributed by atoms with Crippen molar-refractivity contribution in [1.82, 2.24) is 4.90 Å². The van der Waals surface area contributed by atoms with Crippen molar-refractivity contribution < 1.29 is 9.53 Å². The number of benzene rings is 1. The molecule has 4 nitrogen and oxygen atoms in total. The van der Waals surface area contributed by atoms with Crippen molar-refractivity contribution in [2.45, 2.75) is 38.6 Å². The van der Waals surface area contributed by atoms with Crippen LogP contribution in [-0.4, -0.2) is 30.5 Å². The molecule has 0 spiro atoms. The van der Waals surface area contributed by atoms with Crippen LogP contribution < -0.4 is 10.5 Å². The van der Waals surface area contributed by atoms with Gasteiger partial charge in [0.05, 0.1) is 0 Å². The lowest BCUT2D eigenvalue weighted by Crippen LogP contribution is -2.35. The molecule has 0 saturated carbocycles. The molecule has 1 aliphatic heterocycles. The van der Waals surface area contributed by atoms with Crippen molar-refractivity contribution >= 4 is 17.5 Å². The highest BCUT2D eigenvalue weighted by atomic mass is 35.5. The van der Waals surface area contributed by atoms with Crippen molar-refractivity contribution in [2.24, 2.45) is 5.73 Å². The molecule has 1 fully saturated rings. The van der Waals surface area contributed by atoms with E-state index in [9.17, 15) is 4.79 Å². The number of carbonyl (C=O) groups is 1. The highest BCUT2D eigenvalue weighted by Crippen LogP contribution is 2.27. The van der Waals surface area contributed by atoms with Gasteiger partial charge in [0.15, 0.2) is 6.61 Å². The van der Waals surface area contributed by atoms with Gasteiger partial charge in [-0.3, -0.25) is 4.79 Å². The summed E-state index contributed by atoms with van der Waals surface area (Å²) in [5.41, 5.74) is 6.74. The van der Waals surface area contributed by atoms with Crippen molar-refractivity contribution in [3.63, 3.8) is 0 Å². The molecule has 1 unspecified atom stereocenters. The van der Waals surface area contributed by atoms with Crippen LogP contribution in [0.3, 0.4) is 0 Å². The van der Waals surface area contributed by atoms with E-state index in [-0.39, 0.29) is 18.6 Å². The number of rotatable bonds is 4. The van der Waals surface area contributed by atoms with E-state index in [1.165, 1.54) is 12.8 Å². The largest absolute Gasteiger partial charge is 0.483 e. The summed E-state index contributed by atoms with van der Waals surface area (Å²) in [7, 11) is 0. The van der Waals surface area contributed by atoms with Gasteiger partial charge in [-0.25, -0.2) is 0 Å². The molecular weight excluding hydrogens is 288 g/mol. The van der Waals surface area contributed by atoms with Crippen LogP contribution in [0.5, 0.6) is 5.75 Å². The third kappa shape index (κ3) is 4.61. The Bertz CT molecular complexity index is 483. The van der Waals surface area contributed by atoms with Crippen LogP contribution in [0.2, 0.25) is 5.02 Å². The highest BCUT2D eigenvalue weighted by Gasteiger charge is 2.17. The fourth-order valence-electron chi connectivity index (χ4n) is 2.56. The average molecular weight is 311 g/mol. The predicted molar refractivity (Wildman–Crippen MR) is 84.6 cm³/mol. The number of hydrogen-bond donors (Lipinski definition) is 1. The lowest BCUT2D eigenvalue weighted by atomic mass is 10.1. The Labute approximate surface area is 131 Å². The molecule has 21 heavy (non-hydrogen) atoms. The monoisotopic (exact) mass is 310 g/mol. The lowest BCUT2D eigenvalue weighted by molar-refractivity contribution is -0.133. The molecule has 116 valence electrons. The molecule has 1 atom stereocenters. The van der Waals surface area contributed by atoms with Crippen molar-refractivity contribution in [1.29, 1.82) is 0 Å². The van der Waals surface area contributed by atoms with E-state index in [0.29, 0.717) is 10.8 Å². The standard InChI is InChI=1S/C16H23ClN2O2/c1-12(18)14-10-13(17)6-7-15(14)21-11-16(20)19-8-4-2-3-5-9-19/h6-7,10,12H,2-5,8-9,11,18H2,1H3.